The van der Waals surface area contributed by atoms with Crippen LogP contribution in [0.3, 0.4) is 0 Å². The number of aromatic nitrogens is 1. The molecule has 2 rings (SSSR count). The number of rotatable bonds is 3. The van der Waals surface area contributed by atoms with Crippen molar-refractivity contribution >= 4 is 40.5 Å². The van der Waals surface area contributed by atoms with Gasteiger partial charge in [0.2, 0.25) is 0 Å². The fourth-order valence-corrected chi connectivity index (χ4v) is 2.40. The van der Waals surface area contributed by atoms with Crippen molar-refractivity contribution in [2.75, 3.05) is 5.32 Å². The Morgan fingerprint density at radius 2 is 1.94 bits per heavy atom. The molecule has 1 aromatic carbocycles. The predicted octanol–water partition coefficient (Wildman–Crippen LogP) is 5.21. The number of halogens is 3. The van der Waals surface area contributed by atoms with E-state index < -0.39 is 0 Å². The third-order valence-corrected chi connectivity index (χ3v) is 3.42. The molecular weight excluding hydrogens is 291 g/mol. The van der Waals surface area contributed by atoms with Crippen LogP contribution in [0.1, 0.15) is 18.5 Å². The summed E-state index contributed by atoms with van der Waals surface area (Å²) in [5.74, 6) is 0. The smallest absolute Gasteiger partial charge is 0.152 e. The highest BCUT2D eigenvalue weighted by Crippen LogP contribution is 2.29. The van der Waals surface area contributed by atoms with Crippen molar-refractivity contribution < 1.29 is 0 Å². The molecule has 1 unspecified atom stereocenters. The molecule has 0 bridgehead atoms. The van der Waals surface area contributed by atoms with E-state index in [1.54, 1.807) is 12.3 Å². The Kier molecular flexibility index (Phi) is 4.33. The van der Waals surface area contributed by atoms with Gasteiger partial charge in [-0.15, -0.1) is 0 Å². The minimum absolute atomic E-state index is 0.0106. The first kappa shape index (κ1) is 13.5. The van der Waals surface area contributed by atoms with E-state index in [0.717, 1.165) is 11.3 Å². The highest BCUT2D eigenvalue weighted by atomic mass is 35.5. The van der Waals surface area contributed by atoms with Crippen LogP contribution in [0.4, 0.5) is 5.69 Å². The zero-order chi connectivity index (χ0) is 13.1. The number of pyridine rings is 1. The SMILES string of the molecule is CC(Nc1cccnc1Cl)c1ccc(Cl)cc1Cl. The Hall–Kier alpha value is -0.960. The van der Waals surface area contributed by atoms with Gasteiger partial charge in [-0.25, -0.2) is 4.98 Å². The number of nitrogens with zero attached hydrogens (tertiary/aromatic N) is 1. The van der Waals surface area contributed by atoms with Gasteiger partial charge >= 0.3 is 0 Å². The van der Waals surface area contributed by atoms with Crippen LogP contribution in [0.5, 0.6) is 0 Å². The molecule has 5 heteroatoms. The van der Waals surface area contributed by atoms with Gasteiger partial charge in [0.05, 0.1) is 11.7 Å². The maximum Gasteiger partial charge on any atom is 0.152 e. The molecule has 0 spiro atoms. The van der Waals surface area contributed by atoms with E-state index in [0.29, 0.717) is 15.2 Å². The highest BCUT2D eigenvalue weighted by molar-refractivity contribution is 6.35. The van der Waals surface area contributed by atoms with Crippen LogP contribution >= 0.6 is 34.8 Å². The minimum atomic E-state index is 0.0106. The summed E-state index contributed by atoms with van der Waals surface area (Å²) in [7, 11) is 0. The quantitative estimate of drug-likeness (QED) is 0.787. The van der Waals surface area contributed by atoms with Crippen LogP contribution in [0.15, 0.2) is 36.5 Å². The topological polar surface area (TPSA) is 24.9 Å². The molecule has 0 amide bonds. The van der Waals surface area contributed by atoms with Crippen LogP contribution in [0.2, 0.25) is 15.2 Å². The molecule has 0 saturated heterocycles. The monoisotopic (exact) mass is 300 g/mol. The lowest BCUT2D eigenvalue weighted by atomic mass is 10.1. The summed E-state index contributed by atoms with van der Waals surface area (Å²) < 4.78 is 0. The summed E-state index contributed by atoms with van der Waals surface area (Å²) in [6.07, 6.45) is 1.65. The van der Waals surface area contributed by atoms with Crippen molar-refractivity contribution in [1.82, 2.24) is 4.98 Å². The van der Waals surface area contributed by atoms with Gasteiger partial charge in [-0.2, -0.15) is 0 Å². The number of anilines is 1. The average Bonchev–Trinajstić information content (AvgIpc) is 2.32. The zero-order valence-electron chi connectivity index (χ0n) is 9.62. The van der Waals surface area contributed by atoms with E-state index in [1.807, 2.05) is 31.2 Å². The molecule has 0 radical (unpaired) electrons. The maximum atomic E-state index is 6.16. The standard InChI is InChI=1S/C13H11Cl3N2/c1-8(10-5-4-9(14)7-11(10)15)18-12-3-2-6-17-13(12)16/h2-8,18H,1H3. The molecule has 1 aromatic heterocycles. The van der Waals surface area contributed by atoms with E-state index in [-0.39, 0.29) is 6.04 Å². The second kappa shape index (κ2) is 5.79. The summed E-state index contributed by atoms with van der Waals surface area (Å²) in [6, 6.07) is 9.14. The lowest BCUT2D eigenvalue weighted by Crippen LogP contribution is -2.07. The fourth-order valence-electron chi connectivity index (χ4n) is 1.66. The first-order valence-electron chi connectivity index (χ1n) is 5.40. The summed E-state index contributed by atoms with van der Waals surface area (Å²) in [5, 5.41) is 4.95. The summed E-state index contributed by atoms with van der Waals surface area (Å²) in [4.78, 5) is 4.01. The third-order valence-electron chi connectivity index (χ3n) is 2.56. The average molecular weight is 302 g/mol. The van der Waals surface area contributed by atoms with Crippen molar-refractivity contribution in [3.05, 3.63) is 57.3 Å². The Balaban J connectivity index is 2.22. The molecule has 1 N–H and O–H groups in total. The zero-order valence-corrected chi connectivity index (χ0v) is 11.9. The number of hydrogen-bond donors (Lipinski definition) is 1. The van der Waals surface area contributed by atoms with Crippen molar-refractivity contribution in [3.8, 4) is 0 Å². The first-order valence-corrected chi connectivity index (χ1v) is 6.53. The molecule has 1 heterocycles. The van der Waals surface area contributed by atoms with Gasteiger partial charge in [0.1, 0.15) is 0 Å². The lowest BCUT2D eigenvalue weighted by molar-refractivity contribution is 0.883. The molecule has 0 aliphatic rings. The van der Waals surface area contributed by atoms with Crippen LogP contribution in [-0.2, 0) is 0 Å². The van der Waals surface area contributed by atoms with E-state index in [2.05, 4.69) is 10.3 Å². The Labute approximate surface area is 121 Å². The molecule has 94 valence electrons. The Bertz CT molecular complexity index is 558. The minimum Gasteiger partial charge on any atom is -0.376 e. The van der Waals surface area contributed by atoms with Gasteiger partial charge in [-0.3, -0.25) is 0 Å². The molecule has 2 nitrogen and oxygen atoms in total. The molecule has 0 aliphatic carbocycles. The van der Waals surface area contributed by atoms with E-state index in [4.69, 9.17) is 34.8 Å². The first-order chi connectivity index (χ1) is 8.58. The predicted molar refractivity (Wildman–Crippen MR) is 77.7 cm³/mol. The lowest BCUT2D eigenvalue weighted by Gasteiger charge is -2.17. The Morgan fingerprint density at radius 1 is 1.17 bits per heavy atom. The van der Waals surface area contributed by atoms with Crippen molar-refractivity contribution in [3.63, 3.8) is 0 Å². The van der Waals surface area contributed by atoms with Gasteiger partial charge in [-0.05, 0) is 36.8 Å². The van der Waals surface area contributed by atoms with Crippen LogP contribution in [0, 0.1) is 0 Å². The van der Waals surface area contributed by atoms with Crippen LogP contribution < -0.4 is 5.32 Å². The van der Waals surface area contributed by atoms with Gasteiger partial charge in [-0.1, -0.05) is 40.9 Å². The van der Waals surface area contributed by atoms with Gasteiger partial charge in [0.15, 0.2) is 5.15 Å². The number of nitrogens with one attached hydrogen (secondary N) is 1. The molecule has 0 aliphatic heterocycles. The van der Waals surface area contributed by atoms with Crippen molar-refractivity contribution in [1.29, 1.82) is 0 Å². The molecule has 2 aromatic rings. The number of hydrogen-bond acceptors (Lipinski definition) is 2. The van der Waals surface area contributed by atoms with Gasteiger partial charge < -0.3 is 5.32 Å². The highest BCUT2D eigenvalue weighted by Gasteiger charge is 2.11. The summed E-state index contributed by atoms with van der Waals surface area (Å²) in [6.45, 7) is 2.00. The largest absolute Gasteiger partial charge is 0.376 e. The maximum absolute atomic E-state index is 6.16. The van der Waals surface area contributed by atoms with Gasteiger partial charge in [0, 0.05) is 16.2 Å². The molecule has 18 heavy (non-hydrogen) atoms. The van der Waals surface area contributed by atoms with Crippen molar-refractivity contribution in [2.45, 2.75) is 13.0 Å². The summed E-state index contributed by atoms with van der Waals surface area (Å²) in [5.41, 5.74) is 1.73. The normalized spacial score (nSPS) is 12.2. The van der Waals surface area contributed by atoms with Gasteiger partial charge in [0.25, 0.3) is 0 Å². The number of benzene rings is 1. The second-order valence-corrected chi connectivity index (χ2v) is 5.08. The van der Waals surface area contributed by atoms with E-state index in [9.17, 15) is 0 Å². The molecule has 0 fully saturated rings. The summed E-state index contributed by atoms with van der Waals surface area (Å²) >= 11 is 18.0. The molecular formula is C13H11Cl3N2. The fraction of sp³-hybridized carbons (Fsp3) is 0.154. The Morgan fingerprint density at radius 3 is 2.61 bits per heavy atom. The second-order valence-electron chi connectivity index (χ2n) is 3.87. The molecule has 0 saturated carbocycles. The van der Waals surface area contributed by atoms with Crippen LogP contribution in [-0.4, -0.2) is 4.98 Å². The van der Waals surface area contributed by atoms with Crippen LogP contribution in [0.25, 0.3) is 0 Å². The van der Waals surface area contributed by atoms with Crippen molar-refractivity contribution in [2.24, 2.45) is 0 Å². The van der Waals surface area contributed by atoms with E-state index >= 15 is 0 Å². The molecule has 1 atom stereocenters. The third kappa shape index (κ3) is 3.08. The van der Waals surface area contributed by atoms with E-state index in [1.165, 1.54) is 0 Å².